The normalized spacial score (nSPS) is 10.7. The Kier molecular flexibility index (Phi) is 2.84. The highest BCUT2D eigenvalue weighted by molar-refractivity contribution is 5.47. The van der Waals surface area contributed by atoms with Gasteiger partial charge >= 0.3 is 0 Å². The van der Waals surface area contributed by atoms with E-state index in [2.05, 4.69) is 30.1 Å². The number of pyridine rings is 1. The van der Waals surface area contributed by atoms with Crippen LogP contribution in [0.1, 0.15) is 24.6 Å². The molecule has 0 amide bonds. The Labute approximate surface area is 67.8 Å². The molecule has 1 heterocycles. The fourth-order valence-corrected chi connectivity index (χ4v) is 0.832. The van der Waals surface area contributed by atoms with Gasteiger partial charge < -0.3 is 0 Å². The van der Waals surface area contributed by atoms with E-state index >= 15 is 0 Å². The summed E-state index contributed by atoms with van der Waals surface area (Å²) in [6.45, 7) is 4.12. The number of rotatable bonds is 2. The molecule has 0 atom stereocenters. The van der Waals surface area contributed by atoms with Crippen molar-refractivity contribution in [3.63, 3.8) is 0 Å². The third-order valence-electron chi connectivity index (χ3n) is 1.48. The van der Waals surface area contributed by atoms with Crippen LogP contribution in [0.3, 0.4) is 0 Å². The zero-order valence-corrected chi connectivity index (χ0v) is 7.04. The second-order valence-electron chi connectivity index (χ2n) is 2.54. The van der Waals surface area contributed by atoms with Crippen LogP contribution in [0.5, 0.6) is 0 Å². The van der Waals surface area contributed by atoms with E-state index in [4.69, 9.17) is 0 Å². The van der Waals surface area contributed by atoms with Gasteiger partial charge in [0.1, 0.15) is 0 Å². The molecule has 1 heteroatoms. The third-order valence-corrected chi connectivity index (χ3v) is 1.48. The van der Waals surface area contributed by atoms with E-state index in [0.717, 1.165) is 12.1 Å². The molecule has 0 unspecified atom stereocenters. The monoisotopic (exact) mass is 147 g/mol. The maximum Gasteiger partial charge on any atom is 0.0373 e. The molecule has 0 bridgehead atoms. The minimum Gasteiger partial charge on any atom is -0.261 e. The highest BCUT2D eigenvalue weighted by atomic mass is 14.6. The lowest BCUT2D eigenvalue weighted by atomic mass is 10.2. The SMILES string of the molecule is CCC=Cc1ccc(C)nc1. The van der Waals surface area contributed by atoms with Crippen LogP contribution in [-0.2, 0) is 0 Å². The maximum atomic E-state index is 4.18. The number of aromatic nitrogens is 1. The lowest BCUT2D eigenvalue weighted by molar-refractivity contribution is 1.19. The Bertz CT molecular complexity index is 234. The summed E-state index contributed by atoms with van der Waals surface area (Å²) in [5.41, 5.74) is 2.25. The molecule has 1 aromatic rings. The fraction of sp³-hybridized carbons (Fsp3) is 0.300. The van der Waals surface area contributed by atoms with Crippen LogP contribution in [-0.4, -0.2) is 4.98 Å². The van der Waals surface area contributed by atoms with Crippen molar-refractivity contribution in [2.24, 2.45) is 0 Å². The summed E-state index contributed by atoms with van der Waals surface area (Å²) in [6, 6.07) is 4.10. The molecule has 1 aromatic heterocycles. The average molecular weight is 147 g/mol. The highest BCUT2D eigenvalue weighted by Crippen LogP contribution is 2.01. The standard InChI is InChI=1S/C10H13N/c1-3-4-5-10-7-6-9(2)11-8-10/h4-8H,3H2,1-2H3. The molecule has 58 valence electrons. The van der Waals surface area contributed by atoms with E-state index in [1.807, 2.05) is 19.2 Å². The number of allylic oxidation sites excluding steroid dienone is 1. The topological polar surface area (TPSA) is 12.9 Å². The van der Waals surface area contributed by atoms with Crippen molar-refractivity contribution in [2.45, 2.75) is 20.3 Å². The van der Waals surface area contributed by atoms with E-state index in [9.17, 15) is 0 Å². The van der Waals surface area contributed by atoms with Crippen LogP contribution < -0.4 is 0 Å². The van der Waals surface area contributed by atoms with Gasteiger partial charge in [-0.15, -0.1) is 0 Å². The van der Waals surface area contributed by atoms with Crippen molar-refractivity contribution in [1.29, 1.82) is 0 Å². The van der Waals surface area contributed by atoms with Crippen LogP contribution in [0.15, 0.2) is 24.4 Å². The summed E-state index contributed by atoms with van der Waals surface area (Å²) in [5.74, 6) is 0. The van der Waals surface area contributed by atoms with E-state index in [1.165, 1.54) is 5.56 Å². The first kappa shape index (κ1) is 7.99. The zero-order chi connectivity index (χ0) is 8.10. The van der Waals surface area contributed by atoms with Gasteiger partial charge in [0.2, 0.25) is 0 Å². The Balaban J connectivity index is 2.73. The van der Waals surface area contributed by atoms with Gasteiger partial charge in [-0.2, -0.15) is 0 Å². The molecule has 0 aromatic carbocycles. The van der Waals surface area contributed by atoms with Crippen LogP contribution in [0.25, 0.3) is 6.08 Å². The lowest BCUT2D eigenvalue weighted by Gasteiger charge is -1.92. The fourth-order valence-electron chi connectivity index (χ4n) is 0.832. The molecule has 1 nitrogen and oxygen atoms in total. The van der Waals surface area contributed by atoms with Crippen molar-refractivity contribution in [1.82, 2.24) is 4.98 Å². The molecule has 0 aliphatic rings. The largest absolute Gasteiger partial charge is 0.261 e. The van der Waals surface area contributed by atoms with Crippen molar-refractivity contribution in [3.8, 4) is 0 Å². The van der Waals surface area contributed by atoms with Crippen LogP contribution in [0.4, 0.5) is 0 Å². The Hall–Kier alpha value is -1.11. The summed E-state index contributed by atoms with van der Waals surface area (Å²) in [4.78, 5) is 4.18. The number of aryl methyl sites for hydroxylation is 1. The molecular formula is C10H13N. The second-order valence-corrected chi connectivity index (χ2v) is 2.54. The molecule has 0 aliphatic heterocycles. The van der Waals surface area contributed by atoms with Crippen molar-refractivity contribution in [2.75, 3.05) is 0 Å². The minimum absolute atomic E-state index is 1.07. The molecule has 0 spiro atoms. The van der Waals surface area contributed by atoms with Gasteiger partial charge in [0.05, 0.1) is 0 Å². The molecule has 0 fully saturated rings. The van der Waals surface area contributed by atoms with Gasteiger partial charge in [-0.3, -0.25) is 4.98 Å². The van der Waals surface area contributed by atoms with Crippen LogP contribution >= 0.6 is 0 Å². The molecule has 0 aliphatic carbocycles. The maximum absolute atomic E-state index is 4.18. The molecule has 0 radical (unpaired) electrons. The zero-order valence-electron chi connectivity index (χ0n) is 7.04. The number of hydrogen-bond acceptors (Lipinski definition) is 1. The van der Waals surface area contributed by atoms with E-state index in [0.29, 0.717) is 0 Å². The number of hydrogen-bond donors (Lipinski definition) is 0. The molecule has 0 N–H and O–H groups in total. The van der Waals surface area contributed by atoms with Crippen LogP contribution in [0, 0.1) is 6.92 Å². The Morgan fingerprint density at radius 3 is 2.82 bits per heavy atom. The smallest absolute Gasteiger partial charge is 0.0373 e. The van der Waals surface area contributed by atoms with E-state index < -0.39 is 0 Å². The summed E-state index contributed by atoms with van der Waals surface area (Å²) >= 11 is 0. The minimum atomic E-state index is 1.07. The first-order valence-corrected chi connectivity index (χ1v) is 3.92. The third kappa shape index (κ3) is 2.54. The van der Waals surface area contributed by atoms with Gasteiger partial charge in [-0.1, -0.05) is 25.1 Å². The first-order valence-electron chi connectivity index (χ1n) is 3.92. The van der Waals surface area contributed by atoms with Gasteiger partial charge in [0, 0.05) is 11.9 Å². The summed E-state index contributed by atoms with van der Waals surface area (Å²) in [6.07, 6.45) is 7.19. The van der Waals surface area contributed by atoms with E-state index in [1.54, 1.807) is 0 Å². The van der Waals surface area contributed by atoms with Gasteiger partial charge in [0.25, 0.3) is 0 Å². The van der Waals surface area contributed by atoms with Gasteiger partial charge in [-0.25, -0.2) is 0 Å². The van der Waals surface area contributed by atoms with Gasteiger partial charge in [0.15, 0.2) is 0 Å². The predicted molar refractivity (Wildman–Crippen MR) is 48.3 cm³/mol. The molecule has 0 saturated carbocycles. The highest BCUT2D eigenvalue weighted by Gasteiger charge is 1.85. The van der Waals surface area contributed by atoms with E-state index in [-0.39, 0.29) is 0 Å². The lowest BCUT2D eigenvalue weighted by Crippen LogP contribution is -1.79. The van der Waals surface area contributed by atoms with Crippen molar-refractivity contribution < 1.29 is 0 Å². The first-order chi connectivity index (χ1) is 5.33. The summed E-state index contributed by atoms with van der Waals surface area (Å²) in [5, 5.41) is 0. The van der Waals surface area contributed by atoms with Crippen LogP contribution in [0.2, 0.25) is 0 Å². The second kappa shape index (κ2) is 3.91. The summed E-state index contributed by atoms with van der Waals surface area (Å²) in [7, 11) is 0. The molecule has 0 saturated heterocycles. The van der Waals surface area contributed by atoms with Crippen molar-refractivity contribution in [3.05, 3.63) is 35.7 Å². The summed E-state index contributed by atoms with van der Waals surface area (Å²) < 4.78 is 0. The Morgan fingerprint density at radius 1 is 1.45 bits per heavy atom. The number of nitrogens with zero attached hydrogens (tertiary/aromatic N) is 1. The average Bonchev–Trinajstić information content (AvgIpc) is 2.04. The Morgan fingerprint density at radius 2 is 2.27 bits per heavy atom. The quantitative estimate of drug-likeness (QED) is 0.626. The van der Waals surface area contributed by atoms with Gasteiger partial charge in [-0.05, 0) is 25.0 Å². The van der Waals surface area contributed by atoms with Crippen molar-refractivity contribution >= 4 is 6.08 Å². The molecule has 11 heavy (non-hydrogen) atoms. The molecule has 1 rings (SSSR count). The predicted octanol–water partition coefficient (Wildman–Crippen LogP) is 2.81. The molecular weight excluding hydrogens is 134 g/mol.